The minimum atomic E-state index is -4.92. The number of carbonyl (C=O) groups excluding carboxylic acids is 4. The Hall–Kier alpha value is -5.93. The normalized spacial score (nSPS) is 14.4. The van der Waals surface area contributed by atoms with Gasteiger partial charge in [0.25, 0.3) is 23.6 Å². The average molecular weight is 589 g/mol. The first-order valence-corrected chi connectivity index (χ1v) is 13.2. The lowest BCUT2D eigenvalue weighted by atomic mass is 9.74. The summed E-state index contributed by atoms with van der Waals surface area (Å²) in [6.07, 6.45) is 5.96. The maximum atomic E-state index is 15.0. The standard InChI is InChI=1S/C35H19F3N2O4/c1-4-20-8-6-10-24(16-20)39-30(41)26-14-12-22(18-28(26)32(39)43)34(3,35(36,37)38)23-13-15-27-29(19-23)33(44)40(31(27)42)25-11-7-9-21(5-2)17-25/h1-2,6-19H,3H3. The molecule has 0 fully saturated rings. The number of carbonyl (C=O) groups is 4. The highest BCUT2D eigenvalue weighted by atomic mass is 19.4. The van der Waals surface area contributed by atoms with E-state index in [2.05, 4.69) is 11.8 Å². The van der Waals surface area contributed by atoms with Crippen LogP contribution in [0.5, 0.6) is 0 Å². The van der Waals surface area contributed by atoms with Crippen molar-refractivity contribution in [3.8, 4) is 24.7 Å². The number of halogens is 3. The van der Waals surface area contributed by atoms with Gasteiger partial charge in [0.15, 0.2) is 0 Å². The number of hydrogen-bond donors (Lipinski definition) is 0. The average Bonchev–Trinajstić information content (AvgIpc) is 3.43. The molecule has 44 heavy (non-hydrogen) atoms. The first kappa shape index (κ1) is 28.2. The van der Waals surface area contributed by atoms with Crippen molar-refractivity contribution >= 4 is 35.0 Å². The second-order valence-electron chi connectivity index (χ2n) is 10.4. The molecule has 6 rings (SSSR count). The number of hydrogen-bond acceptors (Lipinski definition) is 4. The van der Waals surface area contributed by atoms with Crippen LogP contribution in [0.4, 0.5) is 24.5 Å². The number of alkyl halides is 3. The number of anilines is 2. The Bertz CT molecular complexity index is 1910. The van der Waals surface area contributed by atoms with E-state index in [4.69, 9.17) is 12.8 Å². The number of nitrogens with zero attached hydrogens (tertiary/aromatic N) is 2. The molecule has 0 bridgehead atoms. The van der Waals surface area contributed by atoms with Crippen molar-refractivity contribution in [1.29, 1.82) is 0 Å². The first-order chi connectivity index (χ1) is 20.9. The van der Waals surface area contributed by atoms with Crippen LogP contribution < -0.4 is 9.80 Å². The number of imide groups is 2. The first-order valence-electron chi connectivity index (χ1n) is 13.2. The predicted molar refractivity (Wildman–Crippen MR) is 156 cm³/mol. The van der Waals surface area contributed by atoms with Gasteiger partial charge in [-0.15, -0.1) is 12.8 Å². The van der Waals surface area contributed by atoms with Gasteiger partial charge in [-0.05, 0) is 78.7 Å². The molecule has 9 heteroatoms. The van der Waals surface area contributed by atoms with Crippen LogP contribution in [0.15, 0.2) is 84.9 Å². The Labute approximate surface area is 249 Å². The summed E-state index contributed by atoms with van der Waals surface area (Å²) in [5, 5.41) is 0. The van der Waals surface area contributed by atoms with Crippen LogP contribution in [-0.2, 0) is 5.41 Å². The minimum absolute atomic E-state index is 0.0612. The topological polar surface area (TPSA) is 74.8 Å². The number of fused-ring (bicyclic) bond motifs is 2. The third-order valence-electron chi connectivity index (χ3n) is 8.04. The summed E-state index contributed by atoms with van der Waals surface area (Å²) < 4.78 is 45.0. The van der Waals surface area contributed by atoms with Crippen LogP contribution in [0.1, 0.15) is 70.6 Å². The SMILES string of the molecule is C#Cc1cccc(N2C(=O)c3ccc(C(C)(c4ccc5c(c4)C(=O)N(c4cccc(C#C)c4)C5=O)C(F)(F)F)cc3C2=O)c1. The predicted octanol–water partition coefficient (Wildman–Crippen LogP) is 6.12. The van der Waals surface area contributed by atoms with Crippen LogP contribution in [0, 0.1) is 24.7 Å². The van der Waals surface area contributed by atoms with Crippen molar-refractivity contribution in [1.82, 2.24) is 0 Å². The van der Waals surface area contributed by atoms with Crippen molar-refractivity contribution in [3.05, 3.63) is 129 Å². The molecular weight excluding hydrogens is 569 g/mol. The molecule has 0 saturated heterocycles. The second kappa shape index (κ2) is 9.82. The molecule has 0 N–H and O–H groups in total. The highest BCUT2D eigenvalue weighted by Gasteiger charge is 2.55. The zero-order valence-electron chi connectivity index (χ0n) is 22.9. The molecule has 214 valence electrons. The van der Waals surface area contributed by atoms with Crippen LogP contribution in [0.25, 0.3) is 0 Å². The number of rotatable bonds is 4. The van der Waals surface area contributed by atoms with Gasteiger partial charge in [0, 0.05) is 11.1 Å². The fraction of sp³-hybridized carbons (Fsp3) is 0.0857. The highest BCUT2D eigenvalue weighted by molar-refractivity contribution is 6.35. The minimum Gasteiger partial charge on any atom is -0.268 e. The zero-order chi connectivity index (χ0) is 31.6. The van der Waals surface area contributed by atoms with E-state index in [0.29, 0.717) is 11.1 Å². The van der Waals surface area contributed by atoms with Gasteiger partial charge in [-0.25, -0.2) is 9.80 Å². The third-order valence-corrected chi connectivity index (χ3v) is 8.04. The molecule has 0 aromatic heterocycles. The molecule has 6 nitrogen and oxygen atoms in total. The van der Waals surface area contributed by atoms with E-state index >= 15 is 13.2 Å². The molecular formula is C35H19F3N2O4. The molecule has 0 radical (unpaired) electrons. The van der Waals surface area contributed by atoms with E-state index in [1.165, 1.54) is 36.4 Å². The van der Waals surface area contributed by atoms with Crippen LogP contribution in [-0.4, -0.2) is 29.8 Å². The number of benzene rings is 4. The van der Waals surface area contributed by atoms with E-state index in [1.54, 1.807) is 24.3 Å². The van der Waals surface area contributed by atoms with Crippen molar-refractivity contribution in [3.63, 3.8) is 0 Å². The Morgan fingerprint density at radius 3 is 1.32 bits per heavy atom. The van der Waals surface area contributed by atoms with Gasteiger partial charge in [0.05, 0.1) is 33.6 Å². The summed E-state index contributed by atoms with van der Waals surface area (Å²) >= 11 is 0. The Morgan fingerprint density at radius 1 is 0.568 bits per heavy atom. The van der Waals surface area contributed by atoms with Crippen LogP contribution in [0.3, 0.4) is 0 Å². The summed E-state index contributed by atoms with van der Waals surface area (Å²) in [6.45, 7) is 0.918. The fourth-order valence-corrected chi connectivity index (χ4v) is 5.54. The summed E-state index contributed by atoms with van der Waals surface area (Å²) in [5.74, 6) is 1.83. The molecule has 0 atom stereocenters. The molecule has 0 unspecified atom stereocenters. The lowest BCUT2D eigenvalue weighted by molar-refractivity contribution is -0.173. The van der Waals surface area contributed by atoms with E-state index in [1.807, 2.05) is 0 Å². The summed E-state index contributed by atoms with van der Waals surface area (Å²) in [4.78, 5) is 54.8. The molecule has 2 heterocycles. The number of amides is 4. The van der Waals surface area contributed by atoms with E-state index in [9.17, 15) is 19.2 Å². The van der Waals surface area contributed by atoms with Gasteiger partial charge in [-0.1, -0.05) is 36.1 Å². The summed E-state index contributed by atoms with van der Waals surface area (Å²) in [7, 11) is 0. The lowest BCUT2D eigenvalue weighted by Crippen LogP contribution is -2.41. The monoisotopic (exact) mass is 588 g/mol. The molecule has 0 spiro atoms. The fourth-order valence-electron chi connectivity index (χ4n) is 5.54. The van der Waals surface area contributed by atoms with Crippen molar-refractivity contribution < 1.29 is 32.3 Å². The van der Waals surface area contributed by atoms with E-state index < -0.39 is 35.2 Å². The maximum absolute atomic E-state index is 15.0. The largest absolute Gasteiger partial charge is 0.402 e. The Balaban J connectivity index is 1.43. The van der Waals surface area contributed by atoms with E-state index in [0.717, 1.165) is 41.0 Å². The van der Waals surface area contributed by atoms with Gasteiger partial charge in [0.2, 0.25) is 0 Å². The summed E-state index contributed by atoms with van der Waals surface area (Å²) in [5.41, 5.74) is -2.74. The Kier molecular flexibility index (Phi) is 6.30. The lowest BCUT2D eigenvalue weighted by Gasteiger charge is -2.33. The van der Waals surface area contributed by atoms with Gasteiger partial charge < -0.3 is 0 Å². The van der Waals surface area contributed by atoms with Gasteiger partial charge in [-0.3, -0.25) is 19.2 Å². The molecule has 0 aliphatic carbocycles. The number of terminal acetylenes is 2. The molecule has 2 aliphatic rings. The maximum Gasteiger partial charge on any atom is 0.402 e. The van der Waals surface area contributed by atoms with Crippen molar-refractivity contribution in [2.24, 2.45) is 0 Å². The second-order valence-corrected chi connectivity index (χ2v) is 10.4. The van der Waals surface area contributed by atoms with Crippen LogP contribution in [0.2, 0.25) is 0 Å². The molecule has 4 aromatic rings. The quantitative estimate of drug-likeness (QED) is 0.213. The smallest absolute Gasteiger partial charge is 0.268 e. The summed E-state index contributed by atoms with van der Waals surface area (Å²) in [6, 6.07) is 19.0. The zero-order valence-corrected chi connectivity index (χ0v) is 22.9. The van der Waals surface area contributed by atoms with Crippen LogP contribution >= 0.6 is 0 Å². The molecule has 2 aliphatic heterocycles. The molecule has 0 saturated carbocycles. The molecule has 4 aromatic carbocycles. The Morgan fingerprint density at radius 2 is 0.955 bits per heavy atom. The van der Waals surface area contributed by atoms with Gasteiger partial charge in [-0.2, -0.15) is 13.2 Å². The van der Waals surface area contributed by atoms with Gasteiger partial charge in [0.1, 0.15) is 5.41 Å². The molecule has 4 amide bonds. The van der Waals surface area contributed by atoms with E-state index in [-0.39, 0.29) is 44.8 Å². The van der Waals surface area contributed by atoms with Crippen molar-refractivity contribution in [2.45, 2.75) is 18.5 Å². The van der Waals surface area contributed by atoms with Gasteiger partial charge >= 0.3 is 6.18 Å². The third kappa shape index (κ3) is 4.02. The van der Waals surface area contributed by atoms with Crippen molar-refractivity contribution in [2.75, 3.05) is 9.80 Å². The highest BCUT2D eigenvalue weighted by Crippen LogP contribution is 2.48.